The van der Waals surface area contributed by atoms with E-state index in [0.29, 0.717) is 40.1 Å². The van der Waals surface area contributed by atoms with Gasteiger partial charge in [0.1, 0.15) is 11.6 Å². The lowest BCUT2D eigenvalue weighted by molar-refractivity contribution is 0.233. The van der Waals surface area contributed by atoms with E-state index in [-0.39, 0.29) is 23.7 Å². The summed E-state index contributed by atoms with van der Waals surface area (Å²) in [7, 11) is 0. The summed E-state index contributed by atoms with van der Waals surface area (Å²) in [6, 6.07) is 17.6. The number of nitrogens with one attached hydrogen (secondary N) is 3. The third kappa shape index (κ3) is 5.44. The van der Waals surface area contributed by atoms with Crippen molar-refractivity contribution in [1.29, 1.82) is 0 Å². The lowest BCUT2D eigenvalue weighted by atomic mass is 10.0. The first-order valence-corrected chi connectivity index (χ1v) is 11.6. The summed E-state index contributed by atoms with van der Waals surface area (Å²) in [5, 5.41) is 9.17. The van der Waals surface area contributed by atoms with Gasteiger partial charge in [-0.05, 0) is 85.6 Å². The Hall–Kier alpha value is -3.91. The average Bonchev–Trinajstić information content (AvgIpc) is 2.88. The summed E-state index contributed by atoms with van der Waals surface area (Å²) in [5.41, 5.74) is 4.74. The van der Waals surface area contributed by atoms with Crippen molar-refractivity contribution in [2.75, 3.05) is 13.1 Å². The van der Waals surface area contributed by atoms with Crippen molar-refractivity contribution in [2.24, 2.45) is 0 Å². The molecule has 1 saturated heterocycles. The fourth-order valence-corrected chi connectivity index (χ4v) is 4.22. The lowest BCUT2D eigenvalue weighted by Crippen LogP contribution is -2.48. The second-order valence-corrected chi connectivity index (χ2v) is 8.63. The highest BCUT2D eigenvalue weighted by atomic mass is 19.1. The Kier molecular flexibility index (Phi) is 6.63. The Bertz CT molecular complexity index is 1340. The van der Waals surface area contributed by atoms with Crippen molar-refractivity contribution in [3.05, 3.63) is 83.9 Å². The molecule has 6 nitrogen and oxygen atoms in total. The van der Waals surface area contributed by atoms with Crippen molar-refractivity contribution in [3.8, 4) is 22.5 Å². The minimum atomic E-state index is -0.346. The molecule has 0 radical (unpaired) electrons. The maximum atomic E-state index is 13.6. The van der Waals surface area contributed by atoms with Gasteiger partial charge < -0.3 is 16.0 Å². The van der Waals surface area contributed by atoms with E-state index >= 15 is 0 Å². The summed E-state index contributed by atoms with van der Waals surface area (Å²) in [5.74, 6) is -0.687. The van der Waals surface area contributed by atoms with Crippen LogP contribution in [-0.2, 0) is 6.54 Å². The van der Waals surface area contributed by atoms with Gasteiger partial charge >= 0.3 is 6.03 Å². The first-order valence-electron chi connectivity index (χ1n) is 11.6. The Balaban J connectivity index is 1.43. The Labute approximate surface area is 201 Å². The van der Waals surface area contributed by atoms with Gasteiger partial charge in [0.25, 0.3) is 0 Å². The Morgan fingerprint density at radius 2 is 1.51 bits per heavy atom. The molecule has 1 fully saturated rings. The molecule has 2 amide bonds. The van der Waals surface area contributed by atoms with Gasteiger partial charge in [-0.15, -0.1) is 0 Å². The number of carbonyl (C=O) groups excluding carboxylic acids is 1. The molecule has 0 aliphatic carbocycles. The maximum absolute atomic E-state index is 13.6. The first-order chi connectivity index (χ1) is 17.0. The monoisotopic (exact) mass is 473 g/mol. The number of piperidine rings is 1. The second-order valence-electron chi connectivity index (χ2n) is 8.63. The summed E-state index contributed by atoms with van der Waals surface area (Å²) in [6.45, 7) is 2.11. The standard InChI is InChI=1S/C27H25F2N5O/c28-20-8-4-18(5-9-20)25-26(19-6-10-21(29)11-7-19)34-24-14-17(3-12-23(24)33-25)15-31-27(35)32-22-2-1-13-30-16-22/h3-12,14,22,30H,1-2,13,15-16H2,(H2,31,32,35). The molecular weight excluding hydrogens is 448 g/mol. The fourth-order valence-electron chi connectivity index (χ4n) is 4.22. The van der Waals surface area contributed by atoms with Gasteiger partial charge in [0.05, 0.1) is 22.4 Å². The molecule has 8 heteroatoms. The smallest absolute Gasteiger partial charge is 0.315 e. The van der Waals surface area contributed by atoms with Crippen LogP contribution in [0.15, 0.2) is 66.7 Å². The van der Waals surface area contributed by atoms with E-state index in [9.17, 15) is 13.6 Å². The quantitative estimate of drug-likeness (QED) is 0.389. The molecule has 2 heterocycles. The molecule has 1 aromatic heterocycles. The van der Waals surface area contributed by atoms with Crippen LogP contribution in [0.25, 0.3) is 33.5 Å². The maximum Gasteiger partial charge on any atom is 0.315 e. The normalized spacial score (nSPS) is 15.7. The molecule has 178 valence electrons. The van der Waals surface area contributed by atoms with Crippen LogP contribution in [0, 0.1) is 11.6 Å². The number of halogens is 2. The molecule has 3 N–H and O–H groups in total. The highest BCUT2D eigenvalue weighted by molar-refractivity contribution is 5.86. The molecule has 1 atom stereocenters. The second kappa shape index (κ2) is 10.1. The van der Waals surface area contributed by atoms with Crippen LogP contribution < -0.4 is 16.0 Å². The highest BCUT2D eigenvalue weighted by Crippen LogP contribution is 2.31. The van der Waals surface area contributed by atoms with E-state index in [4.69, 9.17) is 9.97 Å². The third-order valence-electron chi connectivity index (χ3n) is 6.05. The molecule has 4 aromatic rings. The molecule has 0 bridgehead atoms. The molecule has 3 aromatic carbocycles. The van der Waals surface area contributed by atoms with Gasteiger partial charge in [-0.25, -0.2) is 23.5 Å². The topological polar surface area (TPSA) is 78.9 Å². The molecule has 1 unspecified atom stereocenters. The number of rotatable bonds is 5. The predicted molar refractivity (Wildman–Crippen MR) is 132 cm³/mol. The number of fused-ring (bicyclic) bond motifs is 1. The van der Waals surface area contributed by atoms with Crippen LogP contribution in [0.5, 0.6) is 0 Å². The van der Waals surface area contributed by atoms with Crippen LogP contribution in [0.3, 0.4) is 0 Å². The Morgan fingerprint density at radius 1 is 0.886 bits per heavy atom. The van der Waals surface area contributed by atoms with E-state index in [0.717, 1.165) is 31.5 Å². The number of benzene rings is 3. The number of hydrogen-bond donors (Lipinski definition) is 3. The molecule has 1 aliphatic heterocycles. The summed E-state index contributed by atoms with van der Waals surface area (Å²) >= 11 is 0. The fraction of sp³-hybridized carbons (Fsp3) is 0.222. The minimum absolute atomic E-state index is 0.134. The number of carbonyl (C=O) groups is 1. The predicted octanol–water partition coefficient (Wildman–Crippen LogP) is 4.79. The number of urea groups is 1. The number of aromatic nitrogens is 2. The zero-order valence-corrected chi connectivity index (χ0v) is 19.0. The zero-order chi connectivity index (χ0) is 24.2. The molecule has 5 rings (SSSR count). The largest absolute Gasteiger partial charge is 0.334 e. The van der Waals surface area contributed by atoms with Gasteiger partial charge in [-0.2, -0.15) is 0 Å². The van der Waals surface area contributed by atoms with Gasteiger partial charge in [-0.1, -0.05) is 6.07 Å². The van der Waals surface area contributed by atoms with Gasteiger partial charge in [0, 0.05) is 30.3 Å². The third-order valence-corrected chi connectivity index (χ3v) is 6.05. The van der Waals surface area contributed by atoms with Crippen molar-refractivity contribution in [2.45, 2.75) is 25.4 Å². The summed E-state index contributed by atoms with van der Waals surface area (Å²) in [4.78, 5) is 21.9. The van der Waals surface area contributed by atoms with Crippen molar-refractivity contribution < 1.29 is 13.6 Å². The number of amides is 2. The minimum Gasteiger partial charge on any atom is -0.334 e. The van der Waals surface area contributed by atoms with Crippen LogP contribution in [0.2, 0.25) is 0 Å². The number of nitrogens with zero attached hydrogens (tertiary/aromatic N) is 2. The van der Waals surface area contributed by atoms with E-state index in [2.05, 4.69) is 16.0 Å². The van der Waals surface area contributed by atoms with Crippen LogP contribution in [0.4, 0.5) is 13.6 Å². The SMILES string of the molecule is O=C(NCc1ccc2nc(-c3ccc(F)cc3)c(-c3ccc(F)cc3)nc2c1)NC1CCCNC1. The van der Waals surface area contributed by atoms with Crippen LogP contribution in [-0.4, -0.2) is 35.1 Å². The lowest BCUT2D eigenvalue weighted by Gasteiger charge is -2.23. The van der Waals surface area contributed by atoms with E-state index in [1.807, 2.05) is 18.2 Å². The van der Waals surface area contributed by atoms with Crippen molar-refractivity contribution >= 4 is 17.1 Å². The van der Waals surface area contributed by atoms with E-state index in [1.54, 1.807) is 24.3 Å². The first kappa shape index (κ1) is 22.9. The van der Waals surface area contributed by atoms with Crippen molar-refractivity contribution in [1.82, 2.24) is 25.9 Å². The Morgan fingerprint density at radius 3 is 2.11 bits per heavy atom. The molecule has 1 aliphatic rings. The van der Waals surface area contributed by atoms with E-state index in [1.165, 1.54) is 24.3 Å². The van der Waals surface area contributed by atoms with Gasteiger partial charge in [-0.3, -0.25) is 0 Å². The van der Waals surface area contributed by atoms with Crippen molar-refractivity contribution in [3.63, 3.8) is 0 Å². The zero-order valence-electron chi connectivity index (χ0n) is 19.0. The summed E-state index contributed by atoms with van der Waals surface area (Å²) < 4.78 is 27.1. The van der Waals surface area contributed by atoms with Crippen LogP contribution in [0.1, 0.15) is 18.4 Å². The molecule has 35 heavy (non-hydrogen) atoms. The van der Waals surface area contributed by atoms with E-state index < -0.39 is 0 Å². The number of hydrogen-bond acceptors (Lipinski definition) is 4. The molecule has 0 spiro atoms. The molecule has 0 saturated carbocycles. The molecular formula is C27H25F2N5O. The summed E-state index contributed by atoms with van der Waals surface area (Å²) in [6.07, 6.45) is 2.01. The van der Waals surface area contributed by atoms with Gasteiger partial charge in [0.2, 0.25) is 0 Å². The van der Waals surface area contributed by atoms with Gasteiger partial charge in [0.15, 0.2) is 0 Å². The van der Waals surface area contributed by atoms with Crippen LogP contribution >= 0.6 is 0 Å². The highest BCUT2D eigenvalue weighted by Gasteiger charge is 2.16. The average molecular weight is 474 g/mol.